The molecule has 18 heavy (non-hydrogen) atoms. The Morgan fingerprint density at radius 3 is 2.50 bits per heavy atom. The van der Waals surface area contributed by atoms with Gasteiger partial charge in [0.2, 0.25) is 9.84 Å². The highest BCUT2D eigenvalue weighted by molar-refractivity contribution is 9.11. The molecular weight excluding hydrogens is 316 g/mol. The molecule has 1 aromatic rings. The molecule has 1 fully saturated rings. The third-order valence-electron chi connectivity index (χ3n) is 2.99. The zero-order valence-corrected chi connectivity index (χ0v) is 12.7. The number of hydrogen-bond donors (Lipinski definition) is 0. The van der Waals surface area contributed by atoms with Crippen LogP contribution in [0.3, 0.4) is 0 Å². The van der Waals surface area contributed by atoms with Crippen molar-refractivity contribution in [1.29, 1.82) is 0 Å². The maximum Gasteiger partial charge on any atom is 0.208 e. The van der Waals surface area contributed by atoms with Crippen LogP contribution in [0.2, 0.25) is 0 Å². The predicted octanol–water partition coefficient (Wildman–Crippen LogP) is 3.18. The molecule has 0 N–H and O–H groups in total. The monoisotopic (exact) mass is 330 g/mol. The third kappa shape index (κ3) is 2.53. The third-order valence-corrected chi connectivity index (χ3v) is 5.36. The summed E-state index contributed by atoms with van der Waals surface area (Å²) in [6.07, 6.45) is 0.489. The van der Waals surface area contributed by atoms with Crippen LogP contribution >= 0.6 is 15.9 Å². The zero-order chi connectivity index (χ0) is 13.6. The van der Waals surface area contributed by atoms with E-state index in [1.54, 1.807) is 31.2 Å². The van der Waals surface area contributed by atoms with E-state index in [-0.39, 0.29) is 0 Å². The molecule has 1 heterocycles. The van der Waals surface area contributed by atoms with Crippen LogP contribution in [0.5, 0.6) is 0 Å². The van der Waals surface area contributed by atoms with E-state index >= 15 is 0 Å². The number of halogens is 1. The van der Waals surface area contributed by atoms with Gasteiger partial charge in [-0.15, -0.1) is 0 Å². The van der Waals surface area contributed by atoms with Crippen molar-refractivity contribution < 1.29 is 13.2 Å². The fourth-order valence-corrected chi connectivity index (χ4v) is 4.37. The highest BCUT2D eigenvalue weighted by atomic mass is 79.9. The van der Waals surface area contributed by atoms with Gasteiger partial charge in [-0.25, -0.2) is 8.42 Å². The Labute approximate surface area is 116 Å². The number of sulfone groups is 1. The summed E-state index contributed by atoms with van der Waals surface area (Å²) in [7, 11) is -3.42. The lowest BCUT2D eigenvalue weighted by molar-refractivity contribution is 0.319. The standard InChI is InChI=1S/C13H15BrO3S/c1-9-4-6-11(7-5-9)18(15,16)12-13(3,17-12)8-10(2)14/h4-7,12H,2,8H2,1,3H3/t12?,13-/m1/s1. The van der Waals surface area contributed by atoms with Gasteiger partial charge in [0.25, 0.3) is 0 Å². The van der Waals surface area contributed by atoms with E-state index in [1.165, 1.54) is 0 Å². The van der Waals surface area contributed by atoms with E-state index in [4.69, 9.17) is 4.74 Å². The number of epoxide rings is 1. The average molecular weight is 331 g/mol. The Morgan fingerprint density at radius 1 is 1.44 bits per heavy atom. The molecule has 5 heteroatoms. The molecular formula is C13H15BrO3S. The van der Waals surface area contributed by atoms with Crippen LogP contribution in [-0.4, -0.2) is 19.5 Å². The highest BCUT2D eigenvalue weighted by Crippen LogP contribution is 2.47. The molecule has 0 bridgehead atoms. The summed E-state index contributed by atoms with van der Waals surface area (Å²) in [5.74, 6) is 0. The van der Waals surface area contributed by atoms with Crippen LogP contribution in [0, 0.1) is 6.92 Å². The second-order valence-corrected chi connectivity index (χ2v) is 7.93. The Hall–Kier alpha value is -0.650. The quantitative estimate of drug-likeness (QED) is 0.796. The molecule has 1 saturated heterocycles. The van der Waals surface area contributed by atoms with Crippen molar-refractivity contribution >= 4 is 25.8 Å². The predicted molar refractivity (Wildman–Crippen MR) is 74.3 cm³/mol. The fourth-order valence-electron chi connectivity index (χ4n) is 1.96. The Morgan fingerprint density at radius 2 is 2.00 bits per heavy atom. The maximum absolute atomic E-state index is 12.3. The average Bonchev–Trinajstić information content (AvgIpc) is 2.90. The minimum atomic E-state index is -3.42. The van der Waals surface area contributed by atoms with Crippen LogP contribution in [0.1, 0.15) is 18.9 Å². The lowest BCUT2D eigenvalue weighted by Crippen LogP contribution is -2.18. The molecule has 2 rings (SSSR count). The Bertz CT molecular complexity index is 577. The second-order valence-electron chi connectivity index (χ2n) is 4.81. The minimum absolute atomic E-state index is 0.307. The lowest BCUT2D eigenvalue weighted by atomic mass is 10.1. The summed E-state index contributed by atoms with van der Waals surface area (Å²) in [6, 6.07) is 6.82. The first-order valence-corrected chi connectivity index (χ1v) is 7.91. The summed E-state index contributed by atoms with van der Waals surface area (Å²) in [4.78, 5) is 0.307. The fraction of sp³-hybridized carbons (Fsp3) is 0.385. The van der Waals surface area contributed by atoms with Gasteiger partial charge in [-0.2, -0.15) is 0 Å². The normalized spacial score (nSPS) is 26.9. The van der Waals surface area contributed by atoms with E-state index in [0.717, 1.165) is 10.0 Å². The molecule has 0 aliphatic carbocycles. The van der Waals surface area contributed by atoms with Crippen LogP contribution in [-0.2, 0) is 14.6 Å². The van der Waals surface area contributed by atoms with Crippen molar-refractivity contribution in [3.05, 3.63) is 40.9 Å². The molecule has 0 saturated carbocycles. The van der Waals surface area contributed by atoms with Crippen molar-refractivity contribution in [1.82, 2.24) is 0 Å². The van der Waals surface area contributed by atoms with E-state index in [0.29, 0.717) is 11.3 Å². The van der Waals surface area contributed by atoms with Crippen molar-refractivity contribution in [3.8, 4) is 0 Å². The van der Waals surface area contributed by atoms with E-state index in [9.17, 15) is 8.42 Å². The molecule has 1 aliphatic heterocycles. The van der Waals surface area contributed by atoms with Crippen LogP contribution in [0.15, 0.2) is 40.2 Å². The van der Waals surface area contributed by atoms with Gasteiger partial charge in [0.15, 0.2) is 5.44 Å². The van der Waals surface area contributed by atoms with Crippen LogP contribution in [0.4, 0.5) is 0 Å². The Balaban J connectivity index is 2.24. The van der Waals surface area contributed by atoms with Crippen LogP contribution in [0.25, 0.3) is 0 Å². The van der Waals surface area contributed by atoms with Crippen LogP contribution < -0.4 is 0 Å². The molecule has 1 aromatic carbocycles. The van der Waals surface area contributed by atoms with Gasteiger partial charge in [-0.1, -0.05) is 40.2 Å². The Kier molecular flexibility index (Phi) is 3.42. The number of benzene rings is 1. The SMILES string of the molecule is C=C(Br)C[C@@]1(C)OC1S(=O)(=O)c1ccc(C)cc1. The van der Waals surface area contributed by atoms with Gasteiger partial charge in [0, 0.05) is 6.42 Å². The second kappa shape index (κ2) is 4.47. The van der Waals surface area contributed by atoms with Gasteiger partial charge in [-0.3, -0.25) is 0 Å². The van der Waals surface area contributed by atoms with Crippen molar-refractivity contribution in [2.75, 3.05) is 0 Å². The molecule has 1 unspecified atom stereocenters. The highest BCUT2D eigenvalue weighted by Gasteiger charge is 2.60. The maximum atomic E-state index is 12.3. The zero-order valence-electron chi connectivity index (χ0n) is 10.3. The van der Waals surface area contributed by atoms with Gasteiger partial charge in [-0.05, 0) is 30.5 Å². The molecule has 2 atom stereocenters. The van der Waals surface area contributed by atoms with E-state index in [2.05, 4.69) is 22.5 Å². The first kappa shape index (κ1) is 13.8. The van der Waals surface area contributed by atoms with E-state index < -0.39 is 20.9 Å². The molecule has 1 aliphatic rings. The molecule has 0 aromatic heterocycles. The molecule has 98 valence electrons. The molecule has 0 amide bonds. The summed E-state index contributed by atoms with van der Waals surface area (Å²) in [6.45, 7) is 7.43. The van der Waals surface area contributed by atoms with Gasteiger partial charge in [0.1, 0.15) is 5.60 Å². The van der Waals surface area contributed by atoms with Gasteiger partial charge >= 0.3 is 0 Å². The largest absolute Gasteiger partial charge is 0.348 e. The molecule has 0 spiro atoms. The number of ether oxygens (including phenoxy) is 1. The summed E-state index contributed by atoms with van der Waals surface area (Å²) in [5, 5.41) is 0. The first-order valence-electron chi connectivity index (χ1n) is 5.57. The van der Waals surface area contributed by atoms with Crippen molar-refractivity contribution in [2.45, 2.75) is 36.2 Å². The summed E-state index contributed by atoms with van der Waals surface area (Å²) in [5.41, 5.74) is -0.408. The molecule has 0 radical (unpaired) electrons. The molecule has 3 nitrogen and oxygen atoms in total. The van der Waals surface area contributed by atoms with Gasteiger partial charge in [0.05, 0.1) is 4.90 Å². The number of aryl methyl sites for hydroxylation is 1. The lowest BCUT2D eigenvalue weighted by Gasteiger charge is -2.06. The summed E-state index contributed by atoms with van der Waals surface area (Å²) < 4.78 is 30.8. The topological polar surface area (TPSA) is 46.7 Å². The minimum Gasteiger partial charge on any atom is -0.348 e. The first-order chi connectivity index (χ1) is 8.25. The number of rotatable bonds is 4. The smallest absolute Gasteiger partial charge is 0.208 e. The van der Waals surface area contributed by atoms with E-state index in [1.807, 2.05) is 6.92 Å². The van der Waals surface area contributed by atoms with Crippen molar-refractivity contribution in [3.63, 3.8) is 0 Å². The number of hydrogen-bond acceptors (Lipinski definition) is 3. The van der Waals surface area contributed by atoms with Gasteiger partial charge < -0.3 is 4.74 Å². The summed E-state index contributed by atoms with van der Waals surface area (Å²) >= 11 is 3.24. The van der Waals surface area contributed by atoms with Crippen molar-refractivity contribution in [2.24, 2.45) is 0 Å².